The fourth-order valence-corrected chi connectivity index (χ4v) is 2.51. The Morgan fingerprint density at radius 2 is 1.68 bits per heavy atom. The molecular weight excluding hydrogens is 355 g/mol. The van der Waals surface area contributed by atoms with Crippen LogP contribution in [0.25, 0.3) is 11.0 Å². The summed E-state index contributed by atoms with van der Waals surface area (Å²) >= 11 is 2.17. The second-order valence-corrected chi connectivity index (χ2v) is 5.42. The van der Waals surface area contributed by atoms with E-state index in [4.69, 9.17) is 0 Å². The quantitative estimate of drug-likeness (QED) is 0.543. The van der Waals surface area contributed by atoms with Gasteiger partial charge in [0, 0.05) is 14.7 Å². The maximum atomic E-state index is 12.3. The Morgan fingerprint density at radius 1 is 0.947 bits per heavy atom. The first-order chi connectivity index (χ1) is 9.13. The summed E-state index contributed by atoms with van der Waals surface area (Å²) in [6.07, 6.45) is 0. The van der Waals surface area contributed by atoms with Gasteiger partial charge in [-0.3, -0.25) is 4.79 Å². The molecule has 0 aliphatic heterocycles. The van der Waals surface area contributed by atoms with E-state index in [-0.39, 0.29) is 11.5 Å². The van der Waals surface area contributed by atoms with Gasteiger partial charge in [0.05, 0.1) is 11.0 Å². The number of hydrogen-bond donors (Lipinski definition) is 2. The van der Waals surface area contributed by atoms with Crippen LogP contribution >= 0.6 is 22.6 Å². The molecule has 0 saturated carbocycles. The molecule has 5 heteroatoms. The highest BCUT2D eigenvalue weighted by atomic mass is 127. The molecular formula is C14H9IN2O2. The molecule has 0 fully saturated rings. The number of aromatic amines is 2. The predicted molar refractivity (Wildman–Crippen MR) is 81.5 cm³/mol. The van der Waals surface area contributed by atoms with Crippen molar-refractivity contribution in [2.24, 2.45) is 0 Å². The van der Waals surface area contributed by atoms with Crippen molar-refractivity contribution in [3.8, 4) is 0 Å². The van der Waals surface area contributed by atoms with Crippen molar-refractivity contribution in [1.29, 1.82) is 0 Å². The second-order valence-electron chi connectivity index (χ2n) is 4.18. The Kier molecular flexibility index (Phi) is 2.98. The zero-order valence-corrected chi connectivity index (χ0v) is 11.9. The molecule has 1 aromatic heterocycles. The summed E-state index contributed by atoms with van der Waals surface area (Å²) in [4.78, 5) is 28.8. The Labute approximate surface area is 122 Å². The van der Waals surface area contributed by atoms with E-state index in [1.807, 2.05) is 18.2 Å². The van der Waals surface area contributed by atoms with Gasteiger partial charge in [0.1, 0.15) is 0 Å². The lowest BCUT2D eigenvalue weighted by molar-refractivity contribution is 0.103. The molecule has 0 radical (unpaired) electrons. The van der Waals surface area contributed by atoms with Crippen LogP contribution in [-0.4, -0.2) is 15.8 Å². The van der Waals surface area contributed by atoms with Crippen LogP contribution in [0.4, 0.5) is 0 Å². The summed E-state index contributed by atoms with van der Waals surface area (Å²) in [6, 6.07) is 12.6. The lowest BCUT2D eigenvalue weighted by atomic mass is 10.0. The van der Waals surface area contributed by atoms with Gasteiger partial charge < -0.3 is 9.97 Å². The number of imidazole rings is 1. The Hall–Kier alpha value is -1.89. The zero-order valence-electron chi connectivity index (χ0n) is 9.74. The molecule has 4 nitrogen and oxygen atoms in total. The molecule has 1 heterocycles. The van der Waals surface area contributed by atoms with E-state index in [0.717, 1.165) is 3.57 Å². The molecule has 0 saturated heterocycles. The second kappa shape index (κ2) is 4.65. The van der Waals surface area contributed by atoms with Crippen molar-refractivity contribution in [2.45, 2.75) is 0 Å². The number of nitrogens with one attached hydrogen (secondary N) is 2. The van der Waals surface area contributed by atoms with Crippen LogP contribution in [0, 0.1) is 3.57 Å². The van der Waals surface area contributed by atoms with Crippen molar-refractivity contribution in [1.82, 2.24) is 9.97 Å². The van der Waals surface area contributed by atoms with Crippen molar-refractivity contribution in [3.05, 3.63) is 67.6 Å². The largest absolute Gasteiger partial charge is 0.323 e. The third-order valence-corrected chi connectivity index (χ3v) is 3.54. The molecule has 0 bridgehead atoms. The van der Waals surface area contributed by atoms with Gasteiger partial charge in [0.2, 0.25) is 0 Å². The first kappa shape index (κ1) is 12.2. The Bertz CT molecular complexity index is 833. The van der Waals surface area contributed by atoms with Crippen LogP contribution in [0.1, 0.15) is 15.9 Å². The summed E-state index contributed by atoms with van der Waals surface area (Å²) in [5.74, 6) is -0.0533. The molecule has 0 aliphatic rings. The fourth-order valence-electron chi connectivity index (χ4n) is 1.97. The first-order valence-electron chi connectivity index (χ1n) is 5.66. The van der Waals surface area contributed by atoms with E-state index in [9.17, 15) is 9.59 Å². The third-order valence-electron chi connectivity index (χ3n) is 2.86. The van der Waals surface area contributed by atoms with Crippen LogP contribution < -0.4 is 5.69 Å². The van der Waals surface area contributed by atoms with E-state index in [1.54, 1.807) is 24.3 Å². The summed E-state index contributed by atoms with van der Waals surface area (Å²) in [7, 11) is 0. The van der Waals surface area contributed by atoms with Crippen LogP contribution in [0.2, 0.25) is 0 Å². The molecule has 0 atom stereocenters. The van der Waals surface area contributed by atoms with Gasteiger partial charge in [-0.05, 0) is 52.9 Å². The number of carbonyl (C=O) groups excluding carboxylic acids is 1. The van der Waals surface area contributed by atoms with Gasteiger partial charge in [-0.2, -0.15) is 0 Å². The first-order valence-corrected chi connectivity index (χ1v) is 6.74. The minimum atomic E-state index is -0.270. The number of halogens is 1. The summed E-state index contributed by atoms with van der Waals surface area (Å²) in [5.41, 5.74) is 2.27. The average molecular weight is 364 g/mol. The van der Waals surface area contributed by atoms with Crippen LogP contribution in [0.15, 0.2) is 47.3 Å². The summed E-state index contributed by atoms with van der Waals surface area (Å²) in [6.45, 7) is 0. The molecule has 3 aromatic rings. The summed E-state index contributed by atoms with van der Waals surface area (Å²) in [5, 5.41) is 0. The number of H-pyrrole nitrogens is 2. The zero-order chi connectivity index (χ0) is 13.4. The third kappa shape index (κ3) is 2.33. The maximum Gasteiger partial charge on any atom is 0.323 e. The molecule has 0 amide bonds. The van der Waals surface area contributed by atoms with Crippen molar-refractivity contribution in [3.63, 3.8) is 0 Å². The fraction of sp³-hybridized carbons (Fsp3) is 0. The van der Waals surface area contributed by atoms with E-state index in [0.29, 0.717) is 22.2 Å². The number of hydrogen-bond acceptors (Lipinski definition) is 2. The standard InChI is InChI=1S/C14H9IN2O2/c15-10-3-1-2-8(6-10)13(18)9-4-5-11-12(7-9)17-14(19)16-11/h1-7H,(H2,16,17,19). The summed E-state index contributed by atoms with van der Waals surface area (Å²) < 4.78 is 1.01. The van der Waals surface area contributed by atoms with Crippen LogP contribution in [0.5, 0.6) is 0 Å². The molecule has 2 aromatic carbocycles. The number of benzene rings is 2. The van der Waals surface area contributed by atoms with Gasteiger partial charge >= 0.3 is 5.69 Å². The smallest absolute Gasteiger partial charge is 0.306 e. The van der Waals surface area contributed by atoms with Gasteiger partial charge in [-0.1, -0.05) is 12.1 Å². The number of rotatable bonds is 2. The lowest BCUT2D eigenvalue weighted by Crippen LogP contribution is -2.01. The van der Waals surface area contributed by atoms with Crippen LogP contribution in [-0.2, 0) is 0 Å². The Balaban J connectivity index is 2.08. The van der Waals surface area contributed by atoms with Gasteiger partial charge in [-0.15, -0.1) is 0 Å². The van der Waals surface area contributed by atoms with Gasteiger partial charge in [-0.25, -0.2) is 4.79 Å². The molecule has 0 aliphatic carbocycles. The van der Waals surface area contributed by atoms with E-state index < -0.39 is 0 Å². The van der Waals surface area contributed by atoms with E-state index in [1.165, 1.54) is 0 Å². The average Bonchev–Trinajstić information content (AvgIpc) is 2.76. The molecule has 3 rings (SSSR count). The minimum absolute atomic E-state index is 0.0533. The van der Waals surface area contributed by atoms with Gasteiger partial charge in [0.15, 0.2) is 5.78 Å². The number of carbonyl (C=O) groups is 1. The normalized spacial score (nSPS) is 10.8. The Morgan fingerprint density at radius 3 is 2.47 bits per heavy atom. The topological polar surface area (TPSA) is 65.7 Å². The highest BCUT2D eigenvalue weighted by Gasteiger charge is 2.10. The number of aromatic nitrogens is 2. The number of ketones is 1. The molecule has 94 valence electrons. The molecule has 0 unspecified atom stereocenters. The van der Waals surface area contributed by atoms with E-state index >= 15 is 0 Å². The molecule has 2 N–H and O–H groups in total. The maximum absolute atomic E-state index is 12.3. The minimum Gasteiger partial charge on any atom is -0.306 e. The van der Waals surface area contributed by atoms with Gasteiger partial charge in [0.25, 0.3) is 0 Å². The highest BCUT2D eigenvalue weighted by molar-refractivity contribution is 14.1. The monoisotopic (exact) mass is 364 g/mol. The predicted octanol–water partition coefficient (Wildman–Crippen LogP) is 2.69. The molecule has 0 spiro atoms. The number of fused-ring (bicyclic) bond motifs is 1. The van der Waals surface area contributed by atoms with Crippen molar-refractivity contribution < 1.29 is 4.79 Å². The highest BCUT2D eigenvalue weighted by Crippen LogP contribution is 2.16. The van der Waals surface area contributed by atoms with Crippen molar-refractivity contribution in [2.75, 3.05) is 0 Å². The van der Waals surface area contributed by atoms with E-state index in [2.05, 4.69) is 32.6 Å². The van der Waals surface area contributed by atoms with Crippen LogP contribution in [0.3, 0.4) is 0 Å². The van der Waals surface area contributed by atoms with Crippen molar-refractivity contribution >= 4 is 39.4 Å². The SMILES string of the molecule is O=C(c1cccc(I)c1)c1ccc2[nH]c(=O)[nH]c2c1. The lowest BCUT2D eigenvalue weighted by Gasteiger charge is -2.02. The molecule has 19 heavy (non-hydrogen) atoms.